The number of fused-ring (bicyclic) bond motifs is 1. The predicted molar refractivity (Wildman–Crippen MR) is 100 cm³/mol. The lowest BCUT2D eigenvalue weighted by atomic mass is 10.1. The first-order valence-corrected chi connectivity index (χ1v) is 9.02. The van der Waals surface area contributed by atoms with Crippen molar-refractivity contribution in [1.82, 2.24) is 10.3 Å². The summed E-state index contributed by atoms with van der Waals surface area (Å²) in [5.41, 5.74) is 1.55. The lowest BCUT2D eigenvalue weighted by Gasteiger charge is -2.13. The summed E-state index contributed by atoms with van der Waals surface area (Å²) >= 11 is 0. The zero-order chi connectivity index (χ0) is 18.8. The van der Waals surface area contributed by atoms with Gasteiger partial charge in [-0.05, 0) is 49.9 Å². The first-order chi connectivity index (χ1) is 13.1. The third-order valence-corrected chi connectivity index (χ3v) is 4.76. The minimum absolute atomic E-state index is 0.114. The summed E-state index contributed by atoms with van der Waals surface area (Å²) in [4.78, 5) is 29.2. The molecule has 0 radical (unpaired) electrons. The second-order valence-corrected chi connectivity index (χ2v) is 6.82. The zero-order valence-electron chi connectivity index (χ0n) is 15.0. The summed E-state index contributed by atoms with van der Waals surface area (Å²) < 4.78 is 10.7. The molecule has 0 saturated heterocycles. The van der Waals surface area contributed by atoms with Crippen LogP contribution in [-0.4, -0.2) is 29.5 Å². The Hall–Kier alpha value is -3.15. The van der Waals surface area contributed by atoms with Crippen molar-refractivity contribution in [3.05, 3.63) is 54.3 Å². The molecule has 1 fully saturated rings. The molecule has 1 aliphatic carbocycles. The summed E-state index contributed by atoms with van der Waals surface area (Å²) in [5.74, 6) is 0.262. The van der Waals surface area contributed by atoms with Crippen molar-refractivity contribution >= 4 is 22.8 Å². The van der Waals surface area contributed by atoms with E-state index in [1.54, 1.807) is 30.5 Å². The summed E-state index contributed by atoms with van der Waals surface area (Å²) in [6.07, 6.45) is 3.83. The standard InChI is InChI=1S/C21H20N2O4/c1-13(14-8-9-14)22-20(24)12-27-21(25)16-11-18(19-7-4-10-26-19)23-17-6-3-2-5-15(16)17/h2-7,10-11,13-14H,8-9,12H2,1H3,(H,22,24)/t13-/m0/s1. The Bertz CT molecular complexity index is 977. The van der Waals surface area contributed by atoms with Gasteiger partial charge in [0, 0.05) is 11.4 Å². The number of hydrogen-bond acceptors (Lipinski definition) is 5. The van der Waals surface area contributed by atoms with Gasteiger partial charge in [-0.1, -0.05) is 18.2 Å². The molecular formula is C21H20N2O4. The minimum atomic E-state index is -0.560. The monoisotopic (exact) mass is 364 g/mol. The third-order valence-electron chi connectivity index (χ3n) is 4.76. The molecule has 3 aromatic rings. The SMILES string of the molecule is C[C@H](NC(=O)COC(=O)c1cc(-c2ccco2)nc2ccccc12)C1CC1. The van der Waals surface area contributed by atoms with E-state index < -0.39 is 5.97 Å². The molecule has 1 N–H and O–H groups in total. The van der Waals surface area contributed by atoms with Gasteiger partial charge in [-0.15, -0.1) is 0 Å². The van der Waals surface area contributed by atoms with Gasteiger partial charge in [-0.3, -0.25) is 4.79 Å². The van der Waals surface area contributed by atoms with E-state index in [2.05, 4.69) is 10.3 Å². The number of hydrogen-bond donors (Lipinski definition) is 1. The van der Waals surface area contributed by atoms with E-state index >= 15 is 0 Å². The van der Waals surface area contributed by atoms with Gasteiger partial charge >= 0.3 is 5.97 Å². The normalized spacial score (nSPS) is 14.7. The van der Waals surface area contributed by atoms with Crippen molar-refractivity contribution < 1.29 is 18.7 Å². The topological polar surface area (TPSA) is 81.4 Å². The smallest absolute Gasteiger partial charge is 0.339 e. The molecule has 138 valence electrons. The largest absolute Gasteiger partial charge is 0.463 e. The highest BCUT2D eigenvalue weighted by atomic mass is 16.5. The molecule has 4 rings (SSSR count). The van der Waals surface area contributed by atoms with E-state index in [0.717, 1.165) is 12.8 Å². The lowest BCUT2D eigenvalue weighted by Crippen LogP contribution is -2.37. The number of carbonyl (C=O) groups excluding carboxylic acids is 2. The fourth-order valence-corrected chi connectivity index (χ4v) is 3.11. The Balaban J connectivity index is 1.54. The van der Waals surface area contributed by atoms with Gasteiger partial charge in [0.25, 0.3) is 5.91 Å². The summed E-state index contributed by atoms with van der Waals surface area (Å²) in [6.45, 7) is 1.67. The average molecular weight is 364 g/mol. The van der Waals surface area contributed by atoms with Gasteiger partial charge in [0.05, 0.1) is 17.3 Å². The highest BCUT2D eigenvalue weighted by Gasteiger charge is 2.29. The molecule has 1 atom stereocenters. The Morgan fingerprint density at radius 1 is 1.26 bits per heavy atom. The van der Waals surface area contributed by atoms with Crippen LogP contribution in [0.2, 0.25) is 0 Å². The molecule has 0 unspecified atom stereocenters. The maximum atomic E-state index is 12.7. The van der Waals surface area contributed by atoms with E-state index in [1.165, 1.54) is 0 Å². The molecule has 1 amide bonds. The first-order valence-electron chi connectivity index (χ1n) is 9.02. The number of esters is 1. The van der Waals surface area contributed by atoms with E-state index in [1.807, 2.05) is 25.1 Å². The molecule has 0 spiro atoms. The maximum Gasteiger partial charge on any atom is 0.339 e. The molecule has 1 aliphatic rings. The van der Waals surface area contributed by atoms with Crippen molar-refractivity contribution in [3.8, 4) is 11.5 Å². The number of furan rings is 1. The van der Waals surface area contributed by atoms with Crippen LogP contribution in [0.5, 0.6) is 0 Å². The number of rotatable bonds is 6. The van der Waals surface area contributed by atoms with Crippen LogP contribution < -0.4 is 5.32 Å². The lowest BCUT2D eigenvalue weighted by molar-refractivity contribution is -0.124. The van der Waals surface area contributed by atoms with Gasteiger partial charge in [0.15, 0.2) is 12.4 Å². The van der Waals surface area contributed by atoms with Crippen molar-refractivity contribution in [2.45, 2.75) is 25.8 Å². The van der Waals surface area contributed by atoms with Crippen LogP contribution in [0.3, 0.4) is 0 Å². The van der Waals surface area contributed by atoms with E-state index in [-0.39, 0.29) is 18.6 Å². The van der Waals surface area contributed by atoms with Crippen LogP contribution in [-0.2, 0) is 9.53 Å². The van der Waals surface area contributed by atoms with Crippen LogP contribution in [0, 0.1) is 5.92 Å². The predicted octanol–water partition coefficient (Wildman–Crippen LogP) is 3.57. The number of nitrogens with zero attached hydrogens (tertiary/aromatic N) is 1. The Morgan fingerprint density at radius 2 is 2.07 bits per heavy atom. The van der Waals surface area contributed by atoms with E-state index in [0.29, 0.717) is 33.8 Å². The molecule has 6 heteroatoms. The van der Waals surface area contributed by atoms with Crippen molar-refractivity contribution in [1.29, 1.82) is 0 Å². The van der Waals surface area contributed by atoms with Gasteiger partial charge in [0.2, 0.25) is 0 Å². The van der Waals surface area contributed by atoms with Crippen LogP contribution in [0.15, 0.2) is 53.1 Å². The molecule has 2 aromatic heterocycles. The molecule has 1 saturated carbocycles. The van der Waals surface area contributed by atoms with E-state index in [9.17, 15) is 9.59 Å². The fourth-order valence-electron chi connectivity index (χ4n) is 3.11. The number of aromatic nitrogens is 1. The van der Waals surface area contributed by atoms with Crippen molar-refractivity contribution in [3.63, 3.8) is 0 Å². The third kappa shape index (κ3) is 3.84. The van der Waals surface area contributed by atoms with Crippen LogP contribution in [0.25, 0.3) is 22.4 Å². The molecule has 27 heavy (non-hydrogen) atoms. The number of nitrogens with one attached hydrogen (secondary N) is 1. The van der Waals surface area contributed by atoms with Crippen molar-refractivity contribution in [2.24, 2.45) is 5.92 Å². The van der Waals surface area contributed by atoms with Crippen LogP contribution in [0.1, 0.15) is 30.1 Å². The van der Waals surface area contributed by atoms with Crippen molar-refractivity contribution in [2.75, 3.05) is 6.61 Å². The van der Waals surface area contributed by atoms with E-state index in [4.69, 9.17) is 9.15 Å². The van der Waals surface area contributed by atoms with Gasteiger partial charge < -0.3 is 14.5 Å². The Labute approximate surface area is 156 Å². The van der Waals surface area contributed by atoms with Gasteiger partial charge in [-0.2, -0.15) is 0 Å². The first kappa shape index (κ1) is 17.3. The zero-order valence-corrected chi connectivity index (χ0v) is 15.0. The summed E-state index contributed by atoms with van der Waals surface area (Å²) in [5, 5.41) is 3.55. The fraction of sp³-hybridized carbons (Fsp3) is 0.286. The number of pyridine rings is 1. The number of carbonyl (C=O) groups is 2. The molecule has 0 aliphatic heterocycles. The van der Waals surface area contributed by atoms with Crippen LogP contribution in [0.4, 0.5) is 0 Å². The molecule has 1 aromatic carbocycles. The second kappa shape index (κ2) is 7.23. The minimum Gasteiger partial charge on any atom is -0.463 e. The summed E-state index contributed by atoms with van der Waals surface area (Å²) in [7, 11) is 0. The highest BCUT2D eigenvalue weighted by Crippen LogP contribution is 2.32. The Morgan fingerprint density at radius 3 is 2.81 bits per heavy atom. The number of ether oxygens (including phenoxy) is 1. The van der Waals surface area contributed by atoms with Gasteiger partial charge in [-0.25, -0.2) is 9.78 Å². The Kier molecular flexibility index (Phi) is 4.62. The number of para-hydroxylation sites is 1. The molecule has 0 bridgehead atoms. The second-order valence-electron chi connectivity index (χ2n) is 6.82. The maximum absolute atomic E-state index is 12.7. The summed E-state index contributed by atoms with van der Waals surface area (Å²) in [6, 6.07) is 12.6. The molecular weight excluding hydrogens is 344 g/mol. The number of amides is 1. The van der Waals surface area contributed by atoms with Gasteiger partial charge in [0.1, 0.15) is 5.69 Å². The molecule has 6 nitrogen and oxygen atoms in total. The highest BCUT2D eigenvalue weighted by molar-refractivity contribution is 6.05. The average Bonchev–Trinajstić information content (AvgIpc) is 3.39. The number of benzene rings is 1. The quantitative estimate of drug-likeness (QED) is 0.676. The molecule has 2 heterocycles. The van der Waals surface area contributed by atoms with Crippen LogP contribution >= 0.6 is 0 Å².